The van der Waals surface area contributed by atoms with Crippen molar-refractivity contribution < 1.29 is 37.9 Å². The summed E-state index contributed by atoms with van der Waals surface area (Å²) >= 11 is 0. The van der Waals surface area contributed by atoms with Gasteiger partial charge in [-0.3, -0.25) is 0 Å². The van der Waals surface area contributed by atoms with Crippen LogP contribution in [0.3, 0.4) is 0 Å². The summed E-state index contributed by atoms with van der Waals surface area (Å²) in [6, 6.07) is 0. The van der Waals surface area contributed by atoms with E-state index < -0.39 is 0 Å². The second-order valence-corrected chi connectivity index (χ2v) is 6.29. The smallest absolute Gasteiger partial charge is 0.115 e. The number of rotatable bonds is 4. The minimum Gasteiger partial charge on any atom is -0.376 e. The fourth-order valence-corrected chi connectivity index (χ4v) is 3.67. The Morgan fingerprint density at radius 3 is 0.833 bits per heavy atom. The molecule has 4 rings (SSSR count). The molecule has 0 N–H and O–H groups in total. The maximum Gasteiger partial charge on any atom is 0.115 e. The lowest BCUT2D eigenvalue weighted by atomic mass is 10.1. The second kappa shape index (κ2) is 8.37. The molecule has 0 amide bonds. The van der Waals surface area contributed by atoms with E-state index in [4.69, 9.17) is 37.9 Å². The average molecular weight is 348 g/mol. The first-order valence-electron chi connectivity index (χ1n) is 8.31. The summed E-state index contributed by atoms with van der Waals surface area (Å²) in [4.78, 5) is 0. The van der Waals surface area contributed by atoms with Crippen molar-refractivity contribution >= 4 is 0 Å². The van der Waals surface area contributed by atoms with Gasteiger partial charge in [-0.25, -0.2) is 0 Å². The minimum absolute atomic E-state index is 0.0694. The minimum atomic E-state index is 0.0694. The summed E-state index contributed by atoms with van der Waals surface area (Å²) < 4.78 is 42.9. The highest BCUT2D eigenvalue weighted by Crippen LogP contribution is 2.30. The van der Waals surface area contributed by atoms with Gasteiger partial charge >= 0.3 is 0 Å². The molecule has 0 aliphatic carbocycles. The van der Waals surface area contributed by atoms with Crippen LogP contribution in [-0.4, -0.2) is 104 Å². The fourth-order valence-electron chi connectivity index (χ4n) is 3.67. The molecular weight excluding hydrogens is 320 g/mol. The molecule has 0 aromatic heterocycles. The summed E-state index contributed by atoms with van der Waals surface area (Å²) in [5.41, 5.74) is 0. The van der Waals surface area contributed by atoms with E-state index in [-0.39, 0.29) is 48.8 Å². The zero-order chi connectivity index (χ0) is 17.1. The Kier molecular flexibility index (Phi) is 6.44. The van der Waals surface area contributed by atoms with Gasteiger partial charge in [0.2, 0.25) is 0 Å². The van der Waals surface area contributed by atoms with Gasteiger partial charge < -0.3 is 37.9 Å². The van der Waals surface area contributed by atoms with Crippen molar-refractivity contribution in [3.05, 3.63) is 0 Å². The van der Waals surface area contributed by atoms with Gasteiger partial charge in [0.25, 0.3) is 0 Å². The van der Waals surface area contributed by atoms with Gasteiger partial charge in [0.1, 0.15) is 48.8 Å². The average Bonchev–Trinajstić information content (AvgIpc) is 3.35. The van der Waals surface area contributed by atoms with Gasteiger partial charge in [0.05, 0.1) is 26.4 Å². The predicted molar refractivity (Wildman–Crippen MR) is 82.1 cm³/mol. The molecule has 4 aliphatic heterocycles. The molecule has 0 spiro atoms. The van der Waals surface area contributed by atoms with Crippen LogP contribution in [0, 0.1) is 0 Å². The highest BCUT2D eigenvalue weighted by Gasteiger charge is 2.49. The molecular formula is C16H28O8. The van der Waals surface area contributed by atoms with Crippen LogP contribution in [0.5, 0.6) is 0 Å². The molecule has 0 aromatic rings. The molecule has 4 heterocycles. The largest absolute Gasteiger partial charge is 0.376 e. The summed E-state index contributed by atoms with van der Waals surface area (Å²) in [6.45, 7) is 2.47. The topological polar surface area (TPSA) is 73.8 Å². The summed E-state index contributed by atoms with van der Waals surface area (Å²) in [5, 5.41) is 0. The molecule has 4 aliphatic rings. The number of fused-ring (bicyclic) bond motifs is 2. The third kappa shape index (κ3) is 3.47. The molecule has 8 heteroatoms. The van der Waals surface area contributed by atoms with E-state index in [0.717, 1.165) is 0 Å². The highest BCUT2D eigenvalue weighted by atomic mass is 16.6. The normalized spacial score (nSPS) is 46.5. The number of hydrogen-bond donors (Lipinski definition) is 0. The van der Waals surface area contributed by atoms with Crippen LogP contribution in [-0.2, 0) is 37.9 Å². The van der Waals surface area contributed by atoms with Crippen molar-refractivity contribution in [3.63, 3.8) is 0 Å². The Morgan fingerprint density at radius 1 is 0.458 bits per heavy atom. The highest BCUT2D eigenvalue weighted by molar-refractivity contribution is 4.96. The van der Waals surface area contributed by atoms with Crippen LogP contribution in [0.15, 0.2) is 0 Å². The molecule has 0 bridgehead atoms. The van der Waals surface area contributed by atoms with Crippen LogP contribution < -0.4 is 0 Å². The van der Waals surface area contributed by atoms with E-state index in [0.29, 0.717) is 26.4 Å². The van der Waals surface area contributed by atoms with Gasteiger partial charge in [0.15, 0.2) is 0 Å². The van der Waals surface area contributed by atoms with E-state index >= 15 is 0 Å². The van der Waals surface area contributed by atoms with Crippen molar-refractivity contribution in [2.24, 2.45) is 0 Å². The maximum absolute atomic E-state index is 5.51. The first kappa shape index (κ1) is 18.5. The van der Waals surface area contributed by atoms with Crippen LogP contribution >= 0.6 is 0 Å². The van der Waals surface area contributed by atoms with Crippen LogP contribution in [0.4, 0.5) is 0 Å². The Morgan fingerprint density at radius 2 is 0.667 bits per heavy atom. The van der Waals surface area contributed by atoms with Gasteiger partial charge in [-0.2, -0.15) is 0 Å². The first-order valence-corrected chi connectivity index (χ1v) is 8.31. The summed E-state index contributed by atoms with van der Waals surface area (Å²) in [7, 11) is 6.72. The van der Waals surface area contributed by atoms with E-state index in [2.05, 4.69) is 0 Å². The maximum atomic E-state index is 5.51. The van der Waals surface area contributed by atoms with Crippen molar-refractivity contribution in [1.82, 2.24) is 0 Å². The van der Waals surface area contributed by atoms with E-state index in [9.17, 15) is 0 Å². The monoisotopic (exact) mass is 348 g/mol. The van der Waals surface area contributed by atoms with E-state index in [1.807, 2.05) is 0 Å². The van der Waals surface area contributed by atoms with Crippen molar-refractivity contribution in [3.8, 4) is 0 Å². The van der Waals surface area contributed by atoms with Crippen molar-refractivity contribution in [2.75, 3.05) is 54.9 Å². The van der Waals surface area contributed by atoms with Crippen LogP contribution in [0.1, 0.15) is 0 Å². The number of ether oxygens (including phenoxy) is 8. The van der Waals surface area contributed by atoms with Crippen LogP contribution in [0.2, 0.25) is 0 Å². The zero-order valence-corrected chi connectivity index (χ0v) is 14.7. The van der Waals surface area contributed by atoms with Crippen molar-refractivity contribution in [1.29, 1.82) is 0 Å². The third-order valence-electron chi connectivity index (χ3n) is 5.14. The lowest BCUT2D eigenvalue weighted by Gasteiger charge is -2.14. The quantitative estimate of drug-likeness (QED) is 0.681. The third-order valence-corrected chi connectivity index (χ3v) is 5.14. The lowest BCUT2D eigenvalue weighted by Crippen LogP contribution is -2.32. The van der Waals surface area contributed by atoms with Gasteiger partial charge in [-0.1, -0.05) is 0 Å². The molecule has 24 heavy (non-hydrogen) atoms. The molecule has 0 unspecified atom stereocenters. The number of methoxy groups -OCH3 is 4. The predicted octanol–water partition coefficient (Wildman–Crippen LogP) is -0.372. The Bertz CT molecular complexity index is 322. The van der Waals surface area contributed by atoms with Crippen molar-refractivity contribution in [2.45, 2.75) is 48.8 Å². The lowest BCUT2D eigenvalue weighted by molar-refractivity contribution is -0.0267. The second-order valence-electron chi connectivity index (χ2n) is 6.29. The van der Waals surface area contributed by atoms with E-state index in [1.54, 1.807) is 28.4 Å². The van der Waals surface area contributed by atoms with Gasteiger partial charge in [-0.05, 0) is 0 Å². The summed E-state index contributed by atoms with van der Waals surface area (Å²) in [5.74, 6) is 0. The molecule has 4 saturated heterocycles. The first-order chi connectivity index (χ1) is 11.7. The van der Waals surface area contributed by atoms with Gasteiger partial charge in [0, 0.05) is 28.4 Å². The van der Waals surface area contributed by atoms with Crippen LogP contribution in [0.25, 0.3) is 0 Å². The molecule has 8 atom stereocenters. The summed E-state index contributed by atoms with van der Waals surface area (Å²) in [6.07, 6.45) is 0.593. The molecule has 4 fully saturated rings. The fraction of sp³-hybridized carbons (Fsp3) is 1.00. The molecule has 0 aromatic carbocycles. The van der Waals surface area contributed by atoms with Gasteiger partial charge in [-0.15, -0.1) is 0 Å². The molecule has 0 radical (unpaired) electrons. The molecule has 8 nitrogen and oxygen atoms in total. The Labute approximate surface area is 142 Å². The number of hydrogen-bond acceptors (Lipinski definition) is 8. The zero-order valence-electron chi connectivity index (χ0n) is 14.7. The standard InChI is InChI=1S/2C8H14O4/c2*1-9-5-3-11-8-6(10-2)4-12-7(5)8/h2*5-8H,3-4H2,1-2H3/t5-,6+,7-,8-;5-,6-,7-,8-/m11/s1. The van der Waals surface area contributed by atoms with E-state index in [1.165, 1.54) is 0 Å². The molecule has 0 saturated carbocycles. The SMILES string of the molecule is CO[C@@H]1CO[C@H]2[C@@H]1OC[C@H]2OC.CO[C@H]1CO[C@H]2[C@@H]1OC[C@H]2OC. The molecule has 140 valence electrons. The Balaban J connectivity index is 0.000000141. The Hall–Kier alpha value is -0.320.